The molecule has 0 radical (unpaired) electrons. The molecule has 1 aromatic heterocycles. The average Bonchev–Trinajstić information content (AvgIpc) is 2.68. The van der Waals surface area contributed by atoms with Crippen LogP contribution in [0.25, 0.3) is 0 Å². The molecule has 0 unspecified atom stereocenters. The first-order valence-corrected chi connectivity index (χ1v) is 6.42. The first-order valence-electron chi connectivity index (χ1n) is 5.61. The zero-order valence-corrected chi connectivity index (χ0v) is 10.6. The van der Waals surface area contributed by atoms with Crippen LogP contribution in [0.4, 0.5) is 0 Å². The lowest BCUT2D eigenvalue weighted by Gasteiger charge is -2.12. The minimum atomic E-state index is 0.614. The van der Waals surface area contributed by atoms with Crippen molar-refractivity contribution in [2.45, 2.75) is 46.2 Å². The van der Waals surface area contributed by atoms with Crippen molar-refractivity contribution in [2.75, 3.05) is 6.61 Å². The number of hydrogen-bond acceptors (Lipinski definition) is 4. The number of nitrogens with one attached hydrogen (secondary N) is 1. The molecule has 0 aliphatic rings. The minimum absolute atomic E-state index is 0.614. The Morgan fingerprint density at radius 3 is 2.73 bits per heavy atom. The summed E-state index contributed by atoms with van der Waals surface area (Å²) in [7, 11) is 0. The number of rotatable bonds is 7. The summed E-state index contributed by atoms with van der Waals surface area (Å²) < 4.78 is 5.33. The highest BCUT2D eigenvalue weighted by atomic mass is 32.1. The molecule has 0 saturated carbocycles. The predicted octanol–water partition coefficient (Wildman–Crippen LogP) is 2.82. The summed E-state index contributed by atoms with van der Waals surface area (Å²) in [5, 5.41) is 4.28. The molecule has 1 aromatic rings. The number of thiazole rings is 1. The van der Waals surface area contributed by atoms with E-state index in [4.69, 9.17) is 4.74 Å². The highest BCUT2D eigenvalue weighted by Gasteiger charge is 2.05. The van der Waals surface area contributed by atoms with Gasteiger partial charge in [-0.1, -0.05) is 25.2 Å². The van der Waals surface area contributed by atoms with Gasteiger partial charge >= 0.3 is 0 Å². The Morgan fingerprint density at radius 2 is 2.13 bits per heavy atom. The molecule has 0 fully saturated rings. The van der Waals surface area contributed by atoms with Crippen molar-refractivity contribution >= 4 is 11.3 Å². The summed E-state index contributed by atoms with van der Waals surface area (Å²) in [6.07, 6.45) is 4.24. The van der Waals surface area contributed by atoms with Gasteiger partial charge in [0, 0.05) is 23.7 Å². The molecule has 1 N–H and O–H groups in total. The Labute approximate surface area is 95.9 Å². The summed E-state index contributed by atoms with van der Waals surface area (Å²) >= 11 is 1.62. The van der Waals surface area contributed by atoms with Crippen LogP contribution in [0, 0.1) is 0 Å². The molecule has 0 aliphatic carbocycles. The monoisotopic (exact) mass is 228 g/mol. The van der Waals surface area contributed by atoms with Crippen LogP contribution < -0.4 is 10.1 Å². The van der Waals surface area contributed by atoms with E-state index in [-0.39, 0.29) is 0 Å². The lowest BCUT2D eigenvalue weighted by molar-refractivity contribution is 0.338. The quantitative estimate of drug-likeness (QED) is 0.779. The van der Waals surface area contributed by atoms with Crippen molar-refractivity contribution in [3.05, 3.63) is 11.1 Å². The SMILES string of the molecule is CCOc1ncc(CNC(CC)CC)s1. The van der Waals surface area contributed by atoms with Gasteiger partial charge in [-0.15, -0.1) is 0 Å². The molecule has 0 amide bonds. The van der Waals surface area contributed by atoms with Crippen LogP contribution in [0.3, 0.4) is 0 Å². The van der Waals surface area contributed by atoms with Gasteiger partial charge < -0.3 is 10.1 Å². The molecule has 0 aromatic carbocycles. The van der Waals surface area contributed by atoms with E-state index < -0.39 is 0 Å². The Morgan fingerprint density at radius 1 is 1.40 bits per heavy atom. The van der Waals surface area contributed by atoms with Crippen molar-refractivity contribution < 1.29 is 4.74 Å². The van der Waals surface area contributed by atoms with Crippen molar-refractivity contribution in [2.24, 2.45) is 0 Å². The van der Waals surface area contributed by atoms with Gasteiger partial charge in [-0.25, -0.2) is 4.98 Å². The Kier molecular flexibility index (Phi) is 5.65. The maximum Gasteiger partial charge on any atom is 0.273 e. The van der Waals surface area contributed by atoms with E-state index in [1.54, 1.807) is 11.3 Å². The van der Waals surface area contributed by atoms with E-state index >= 15 is 0 Å². The Balaban J connectivity index is 2.36. The van der Waals surface area contributed by atoms with Crippen LogP contribution in [-0.2, 0) is 6.54 Å². The van der Waals surface area contributed by atoms with Gasteiger partial charge in [0.1, 0.15) is 0 Å². The number of aromatic nitrogens is 1. The van der Waals surface area contributed by atoms with Gasteiger partial charge in [0.15, 0.2) is 0 Å². The van der Waals surface area contributed by atoms with E-state index in [1.807, 2.05) is 13.1 Å². The second-order valence-electron chi connectivity index (χ2n) is 3.42. The van der Waals surface area contributed by atoms with Crippen molar-refractivity contribution in [3.8, 4) is 5.19 Å². The van der Waals surface area contributed by atoms with Crippen LogP contribution in [0.5, 0.6) is 5.19 Å². The zero-order valence-electron chi connectivity index (χ0n) is 9.75. The lowest BCUT2D eigenvalue weighted by Crippen LogP contribution is -2.26. The molecule has 1 heterocycles. The molecule has 1 rings (SSSR count). The second kappa shape index (κ2) is 6.80. The highest BCUT2D eigenvalue weighted by Crippen LogP contribution is 2.20. The van der Waals surface area contributed by atoms with E-state index in [0.29, 0.717) is 12.6 Å². The second-order valence-corrected chi connectivity index (χ2v) is 4.50. The number of hydrogen-bond donors (Lipinski definition) is 1. The number of nitrogens with zero attached hydrogens (tertiary/aromatic N) is 1. The van der Waals surface area contributed by atoms with E-state index in [9.17, 15) is 0 Å². The van der Waals surface area contributed by atoms with Crippen molar-refractivity contribution in [1.29, 1.82) is 0 Å². The summed E-state index contributed by atoms with van der Waals surface area (Å²) in [6, 6.07) is 0.614. The van der Waals surface area contributed by atoms with Crippen molar-refractivity contribution in [1.82, 2.24) is 10.3 Å². The Hall–Kier alpha value is -0.610. The molecule has 0 bridgehead atoms. The van der Waals surface area contributed by atoms with Crippen LogP contribution in [0.15, 0.2) is 6.20 Å². The molecule has 3 nitrogen and oxygen atoms in total. The van der Waals surface area contributed by atoms with Crippen LogP contribution in [0.1, 0.15) is 38.5 Å². The molecule has 15 heavy (non-hydrogen) atoms. The van der Waals surface area contributed by atoms with Crippen LogP contribution >= 0.6 is 11.3 Å². The topological polar surface area (TPSA) is 34.1 Å². The summed E-state index contributed by atoms with van der Waals surface area (Å²) in [5.74, 6) is 0. The van der Waals surface area contributed by atoms with E-state index in [2.05, 4.69) is 24.1 Å². The smallest absolute Gasteiger partial charge is 0.273 e. The van der Waals surface area contributed by atoms with Crippen LogP contribution in [0.2, 0.25) is 0 Å². The van der Waals surface area contributed by atoms with E-state index in [1.165, 1.54) is 17.7 Å². The molecule has 0 spiro atoms. The summed E-state index contributed by atoms with van der Waals surface area (Å²) in [4.78, 5) is 5.43. The van der Waals surface area contributed by atoms with Gasteiger partial charge in [-0.2, -0.15) is 0 Å². The van der Waals surface area contributed by atoms with Gasteiger partial charge in [0.25, 0.3) is 5.19 Å². The van der Waals surface area contributed by atoms with Crippen molar-refractivity contribution in [3.63, 3.8) is 0 Å². The first kappa shape index (κ1) is 12.5. The zero-order chi connectivity index (χ0) is 11.1. The third-order valence-electron chi connectivity index (χ3n) is 2.35. The first-order chi connectivity index (χ1) is 7.30. The normalized spacial score (nSPS) is 10.9. The molecule has 0 atom stereocenters. The lowest BCUT2D eigenvalue weighted by atomic mass is 10.2. The third kappa shape index (κ3) is 4.18. The fourth-order valence-electron chi connectivity index (χ4n) is 1.38. The maximum absolute atomic E-state index is 5.33. The largest absolute Gasteiger partial charge is 0.470 e. The number of ether oxygens (including phenoxy) is 1. The van der Waals surface area contributed by atoms with Gasteiger partial charge in [-0.05, 0) is 19.8 Å². The molecule has 0 aliphatic heterocycles. The van der Waals surface area contributed by atoms with Gasteiger partial charge in [-0.3, -0.25) is 0 Å². The average molecular weight is 228 g/mol. The third-order valence-corrected chi connectivity index (χ3v) is 3.26. The van der Waals surface area contributed by atoms with Gasteiger partial charge in [0.2, 0.25) is 0 Å². The van der Waals surface area contributed by atoms with Gasteiger partial charge in [0.05, 0.1) is 6.61 Å². The van der Waals surface area contributed by atoms with E-state index in [0.717, 1.165) is 11.7 Å². The minimum Gasteiger partial charge on any atom is -0.470 e. The predicted molar refractivity (Wildman–Crippen MR) is 64.5 cm³/mol. The molecular weight excluding hydrogens is 208 g/mol. The fourth-order valence-corrected chi connectivity index (χ4v) is 2.15. The van der Waals surface area contributed by atoms with Crippen LogP contribution in [-0.4, -0.2) is 17.6 Å². The summed E-state index contributed by atoms with van der Waals surface area (Å²) in [6.45, 7) is 7.98. The molecule has 0 saturated heterocycles. The Bertz CT molecular complexity index is 271. The standard InChI is InChI=1S/C11H20N2OS/c1-4-9(5-2)12-7-10-8-13-11(15-10)14-6-3/h8-9,12H,4-7H2,1-3H3. The summed E-state index contributed by atoms with van der Waals surface area (Å²) in [5.41, 5.74) is 0. The fraction of sp³-hybridized carbons (Fsp3) is 0.727. The highest BCUT2D eigenvalue weighted by molar-refractivity contribution is 7.13. The molecule has 86 valence electrons. The maximum atomic E-state index is 5.33. The molecular formula is C11H20N2OS. The molecule has 4 heteroatoms.